The summed E-state index contributed by atoms with van der Waals surface area (Å²) < 4.78 is 3.34. The van der Waals surface area contributed by atoms with Gasteiger partial charge in [0.05, 0.1) is 0 Å². The second-order valence-electron chi connectivity index (χ2n) is 4.68. The van der Waals surface area contributed by atoms with Crippen molar-refractivity contribution in [3.05, 3.63) is 0 Å². The zero-order valence-corrected chi connectivity index (χ0v) is 9.81. The molecule has 1 aliphatic carbocycles. The van der Waals surface area contributed by atoms with Crippen LogP contribution in [0.3, 0.4) is 0 Å². The van der Waals surface area contributed by atoms with Crippen molar-refractivity contribution in [2.24, 2.45) is 11.3 Å². The molecule has 0 radical (unpaired) electrons. The van der Waals surface area contributed by atoms with Crippen LogP contribution in [0.1, 0.15) is 40.0 Å². The van der Waals surface area contributed by atoms with E-state index in [0.29, 0.717) is 5.41 Å². The molecule has 0 bridgehead atoms. The third kappa shape index (κ3) is 2.58. The van der Waals surface area contributed by atoms with Gasteiger partial charge in [0.25, 0.3) is 0 Å². The summed E-state index contributed by atoms with van der Waals surface area (Å²) in [5.41, 5.74) is 0.516. The molecule has 1 fully saturated rings. The molecule has 1 N–H and O–H groups in total. The van der Waals surface area contributed by atoms with Gasteiger partial charge in [-0.1, -0.05) is 20.8 Å². The average molecular weight is 267 g/mol. The van der Waals surface area contributed by atoms with Gasteiger partial charge in [-0.15, -0.1) is 0 Å². The predicted molar refractivity (Wildman–Crippen MR) is 57.7 cm³/mol. The minimum absolute atomic E-state index is 0.516. The lowest BCUT2D eigenvalue weighted by Gasteiger charge is -2.26. The van der Waals surface area contributed by atoms with E-state index < -0.39 is 0 Å². The normalized spacial score (nSPS) is 32.7. The van der Waals surface area contributed by atoms with Gasteiger partial charge in [0, 0.05) is 28.9 Å². The Bertz CT molecular complexity index is 128. The second-order valence-corrected chi connectivity index (χ2v) is 5.30. The molecule has 2 atom stereocenters. The number of hydrogen-bond acceptors (Lipinski definition) is 1. The van der Waals surface area contributed by atoms with E-state index in [2.05, 4.69) is 47.2 Å². The molecule has 0 spiro atoms. The first kappa shape index (κ1) is 9.78. The van der Waals surface area contributed by atoms with Crippen molar-refractivity contribution in [3.63, 3.8) is 0 Å². The third-order valence-electron chi connectivity index (χ3n) is 2.81. The van der Waals surface area contributed by atoms with Gasteiger partial charge in [-0.25, -0.2) is 0 Å². The first-order chi connectivity index (χ1) is 5.04. The lowest BCUT2D eigenvalue weighted by Crippen LogP contribution is -2.21. The maximum absolute atomic E-state index is 3.34. The standard InChI is InChI=1S/C9H18IN/c1-9(2,3)7-4-5-8(6-7)11-10/h7-8,11H,4-6H2,1-3H3. The Morgan fingerprint density at radius 1 is 1.27 bits per heavy atom. The van der Waals surface area contributed by atoms with Crippen LogP contribution in [0.4, 0.5) is 0 Å². The van der Waals surface area contributed by atoms with Crippen molar-refractivity contribution >= 4 is 22.9 Å². The van der Waals surface area contributed by atoms with Crippen molar-refractivity contribution < 1.29 is 0 Å². The van der Waals surface area contributed by atoms with E-state index >= 15 is 0 Å². The molecule has 0 aromatic carbocycles. The summed E-state index contributed by atoms with van der Waals surface area (Å²) in [7, 11) is 0. The summed E-state index contributed by atoms with van der Waals surface area (Å²) in [6.45, 7) is 7.06. The lowest BCUT2D eigenvalue weighted by atomic mass is 9.80. The third-order valence-corrected chi connectivity index (χ3v) is 3.69. The van der Waals surface area contributed by atoms with E-state index in [9.17, 15) is 0 Å². The van der Waals surface area contributed by atoms with Gasteiger partial charge in [0.1, 0.15) is 0 Å². The highest BCUT2D eigenvalue weighted by molar-refractivity contribution is 14.1. The van der Waals surface area contributed by atoms with Crippen LogP contribution in [-0.4, -0.2) is 6.04 Å². The smallest absolute Gasteiger partial charge is 0.0172 e. The summed E-state index contributed by atoms with van der Waals surface area (Å²) >= 11 is 2.28. The fourth-order valence-corrected chi connectivity index (χ4v) is 2.43. The molecular weight excluding hydrogens is 249 g/mol. The highest BCUT2D eigenvalue weighted by Crippen LogP contribution is 2.39. The Morgan fingerprint density at radius 2 is 1.91 bits per heavy atom. The Balaban J connectivity index is 2.42. The van der Waals surface area contributed by atoms with Crippen LogP contribution in [0.15, 0.2) is 0 Å². The van der Waals surface area contributed by atoms with Gasteiger partial charge in [0.2, 0.25) is 0 Å². The van der Waals surface area contributed by atoms with Crippen molar-refractivity contribution in [3.8, 4) is 0 Å². The molecule has 1 rings (SSSR count). The molecule has 11 heavy (non-hydrogen) atoms. The molecule has 0 aromatic rings. The SMILES string of the molecule is CC(C)(C)C1CCC(NI)C1. The molecule has 0 aromatic heterocycles. The zero-order valence-electron chi connectivity index (χ0n) is 7.65. The van der Waals surface area contributed by atoms with E-state index in [1.807, 2.05) is 0 Å². The first-order valence-corrected chi connectivity index (χ1v) is 5.48. The van der Waals surface area contributed by atoms with Gasteiger partial charge in [-0.3, -0.25) is 3.53 Å². The second kappa shape index (κ2) is 3.60. The van der Waals surface area contributed by atoms with E-state index in [-0.39, 0.29) is 0 Å². The number of hydrogen-bond donors (Lipinski definition) is 1. The Kier molecular flexibility index (Phi) is 3.20. The Morgan fingerprint density at radius 3 is 2.18 bits per heavy atom. The van der Waals surface area contributed by atoms with Crippen molar-refractivity contribution in [1.82, 2.24) is 3.53 Å². The van der Waals surface area contributed by atoms with E-state index in [1.165, 1.54) is 19.3 Å². The fourth-order valence-electron chi connectivity index (χ4n) is 1.87. The number of nitrogens with one attached hydrogen (secondary N) is 1. The monoisotopic (exact) mass is 267 g/mol. The maximum atomic E-state index is 3.34. The Labute approximate surface area is 83.8 Å². The summed E-state index contributed by atoms with van der Waals surface area (Å²) in [6.07, 6.45) is 4.14. The largest absolute Gasteiger partial charge is 0.258 e. The Hall–Kier alpha value is 0.690. The van der Waals surface area contributed by atoms with Crippen LogP contribution >= 0.6 is 22.9 Å². The fraction of sp³-hybridized carbons (Fsp3) is 1.00. The predicted octanol–water partition coefficient (Wildman–Crippen LogP) is 3.14. The summed E-state index contributed by atoms with van der Waals surface area (Å²) in [4.78, 5) is 0. The minimum Gasteiger partial charge on any atom is -0.258 e. The number of rotatable bonds is 1. The highest BCUT2D eigenvalue weighted by atomic mass is 127. The van der Waals surface area contributed by atoms with Crippen LogP contribution in [0, 0.1) is 11.3 Å². The van der Waals surface area contributed by atoms with Gasteiger partial charge >= 0.3 is 0 Å². The van der Waals surface area contributed by atoms with E-state index in [0.717, 1.165) is 12.0 Å². The molecule has 1 saturated carbocycles. The van der Waals surface area contributed by atoms with Crippen LogP contribution in [0.5, 0.6) is 0 Å². The molecule has 2 unspecified atom stereocenters. The molecule has 1 aliphatic rings. The molecule has 0 aliphatic heterocycles. The summed E-state index contributed by atoms with van der Waals surface area (Å²) in [6, 6.07) is 0.778. The lowest BCUT2D eigenvalue weighted by molar-refractivity contribution is 0.243. The van der Waals surface area contributed by atoms with E-state index in [1.54, 1.807) is 0 Å². The van der Waals surface area contributed by atoms with E-state index in [4.69, 9.17) is 0 Å². The first-order valence-electron chi connectivity index (χ1n) is 4.40. The molecule has 1 nitrogen and oxygen atoms in total. The quantitative estimate of drug-likeness (QED) is 0.568. The highest BCUT2D eigenvalue weighted by Gasteiger charge is 2.32. The molecule has 0 amide bonds. The maximum Gasteiger partial charge on any atom is 0.0172 e. The van der Waals surface area contributed by atoms with Crippen molar-refractivity contribution in [1.29, 1.82) is 0 Å². The summed E-state index contributed by atoms with van der Waals surface area (Å²) in [5.74, 6) is 0.926. The van der Waals surface area contributed by atoms with Crippen LogP contribution < -0.4 is 3.53 Å². The molecule has 0 saturated heterocycles. The van der Waals surface area contributed by atoms with Gasteiger partial charge < -0.3 is 0 Å². The van der Waals surface area contributed by atoms with Crippen LogP contribution in [-0.2, 0) is 0 Å². The zero-order chi connectivity index (χ0) is 8.48. The van der Waals surface area contributed by atoms with Crippen molar-refractivity contribution in [2.75, 3.05) is 0 Å². The van der Waals surface area contributed by atoms with Crippen molar-refractivity contribution in [2.45, 2.75) is 46.1 Å². The number of halogens is 1. The minimum atomic E-state index is 0.516. The average Bonchev–Trinajstić information content (AvgIpc) is 2.32. The molecule has 0 heterocycles. The van der Waals surface area contributed by atoms with Gasteiger partial charge in [-0.2, -0.15) is 0 Å². The van der Waals surface area contributed by atoms with Crippen LogP contribution in [0.2, 0.25) is 0 Å². The molecule has 2 heteroatoms. The van der Waals surface area contributed by atoms with Gasteiger partial charge in [0.15, 0.2) is 0 Å². The van der Waals surface area contributed by atoms with Crippen LogP contribution in [0.25, 0.3) is 0 Å². The van der Waals surface area contributed by atoms with Gasteiger partial charge in [-0.05, 0) is 30.6 Å². The molecular formula is C9H18IN. The summed E-state index contributed by atoms with van der Waals surface area (Å²) in [5, 5.41) is 0. The molecule has 66 valence electrons. The topological polar surface area (TPSA) is 12.0 Å².